The summed E-state index contributed by atoms with van der Waals surface area (Å²) in [7, 11) is -0.927. The first-order valence-corrected chi connectivity index (χ1v) is 14.1. The Hall–Kier alpha value is -0.690. The third-order valence-corrected chi connectivity index (χ3v) is 6.75. The van der Waals surface area contributed by atoms with Gasteiger partial charge in [0.05, 0.1) is 7.92 Å². The van der Waals surface area contributed by atoms with Crippen LogP contribution in [0.4, 0.5) is 0 Å². The van der Waals surface area contributed by atoms with Crippen molar-refractivity contribution < 1.29 is 18.9 Å². The number of halogens is 1. The summed E-state index contributed by atoms with van der Waals surface area (Å²) >= 11 is 4.97. The van der Waals surface area contributed by atoms with Gasteiger partial charge in [-0.25, -0.2) is 0 Å². The minimum absolute atomic E-state index is 0.927. The van der Waals surface area contributed by atoms with Gasteiger partial charge in [-0.1, -0.05) is 53.1 Å². The number of hydrogen-bond donors (Lipinski definition) is 0. The Morgan fingerprint density at radius 3 is 0.917 bits per heavy atom. The molecule has 0 atom stereocenters. The second kappa shape index (κ2) is 9.71. The molecule has 0 N–H and O–H groups in total. The summed E-state index contributed by atoms with van der Waals surface area (Å²) < 4.78 is 0. The molecular formula is C21H22AuBrP+. The van der Waals surface area contributed by atoms with Gasteiger partial charge in [0.15, 0.2) is 0 Å². The van der Waals surface area contributed by atoms with Crippen LogP contribution in [0.15, 0.2) is 72.8 Å². The molecule has 24 heavy (non-hydrogen) atoms. The van der Waals surface area contributed by atoms with Gasteiger partial charge in [-0.3, -0.25) is 0 Å². The average Bonchev–Trinajstić information content (AvgIpc) is 2.62. The SMILES string of the molecule is Cc1ccc([PH+](c2ccc(C)cc2)c2ccc(C)cc2)cc1.[Br][Au]. The molecule has 0 heterocycles. The molecule has 0 saturated carbocycles. The number of benzene rings is 3. The molecule has 128 valence electrons. The normalized spacial score (nSPS) is 10.3. The van der Waals surface area contributed by atoms with Crippen LogP contribution >= 0.6 is 20.9 Å². The fourth-order valence-electron chi connectivity index (χ4n) is 2.66. The van der Waals surface area contributed by atoms with E-state index < -0.39 is 7.92 Å². The van der Waals surface area contributed by atoms with Crippen molar-refractivity contribution in [2.75, 3.05) is 0 Å². The summed E-state index contributed by atoms with van der Waals surface area (Å²) in [6.07, 6.45) is 0. The van der Waals surface area contributed by atoms with Gasteiger partial charge in [0, 0.05) is 0 Å². The van der Waals surface area contributed by atoms with Crippen molar-refractivity contribution in [2.24, 2.45) is 0 Å². The molecule has 3 heteroatoms. The summed E-state index contributed by atoms with van der Waals surface area (Å²) in [5.41, 5.74) is 3.95. The molecule has 0 fully saturated rings. The quantitative estimate of drug-likeness (QED) is 0.303. The van der Waals surface area contributed by atoms with E-state index in [2.05, 4.69) is 126 Å². The summed E-state index contributed by atoms with van der Waals surface area (Å²) in [5.74, 6) is 0. The van der Waals surface area contributed by atoms with Crippen LogP contribution in [0.3, 0.4) is 0 Å². The van der Waals surface area contributed by atoms with Crippen LogP contribution in [0.5, 0.6) is 0 Å². The molecule has 3 rings (SSSR count). The van der Waals surface area contributed by atoms with Crippen molar-refractivity contribution >= 4 is 36.9 Å². The molecule has 0 radical (unpaired) electrons. The first-order chi connectivity index (χ1) is 11.6. The van der Waals surface area contributed by atoms with Gasteiger partial charge in [-0.05, 0) is 57.2 Å². The Labute approximate surface area is 165 Å². The van der Waals surface area contributed by atoms with Gasteiger partial charge >= 0.3 is 32.0 Å². The molecule has 0 aliphatic heterocycles. The molecule has 0 amide bonds. The molecule has 0 aliphatic carbocycles. The number of rotatable bonds is 3. The van der Waals surface area contributed by atoms with Crippen molar-refractivity contribution in [3.8, 4) is 0 Å². The molecule has 0 unspecified atom stereocenters. The second-order valence-electron chi connectivity index (χ2n) is 5.97. The van der Waals surface area contributed by atoms with E-state index in [0.717, 1.165) is 0 Å². The number of hydrogen-bond acceptors (Lipinski definition) is 0. The van der Waals surface area contributed by atoms with Crippen molar-refractivity contribution in [1.29, 1.82) is 0 Å². The van der Waals surface area contributed by atoms with E-state index in [9.17, 15) is 0 Å². The first-order valence-electron chi connectivity index (χ1n) is 7.83. The van der Waals surface area contributed by atoms with E-state index in [0.29, 0.717) is 0 Å². The zero-order valence-electron chi connectivity index (χ0n) is 14.1. The molecule has 0 aromatic heterocycles. The van der Waals surface area contributed by atoms with Gasteiger partial charge < -0.3 is 0 Å². The van der Waals surface area contributed by atoms with E-state index in [4.69, 9.17) is 0 Å². The Bertz CT molecular complexity index is 641. The fourth-order valence-corrected chi connectivity index (χ4v) is 5.16. The van der Waals surface area contributed by atoms with E-state index in [-0.39, 0.29) is 0 Å². The molecule has 0 spiro atoms. The van der Waals surface area contributed by atoms with Crippen LogP contribution in [-0.2, 0) is 18.9 Å². The topological polar surface area (TPSA) is 0 Å². The van der Waals surface area contributed by atoms with Crippen molar-refractivity contribution in [2.45, 2.75) is 20.8 Å². The molecular weight excluding hydrogens is 560 g/mol. The number of aryl methyl sites for hydroxylation is 3. The zero-order chi connectivity index (χ0) is 17.5. The van der Waals surface area contributed by atoms with Gasteiger partial charge in [0.2, 0.25) is 0 Å². The summed E-state index contributed by atoms with van der Waals surface area (Å²) in [4.78, 5) is 0. The Morgan fingerprint density at radius 1 is 0.500 bits per heavy atom. The van der Waals surface area contributed by atoms with Gasteiger partial charge in [0.1, 0.15) is 15.9 Å². The molecule has 0 bridgehead atoms. The van der Waals surface area contributed by atoms with E-state index in [1.165, 1.54) is 32.6 Å². The zero-order valence-corrected chi connectivity index (χ0v) is 18.9. The Kier molecular flexibility index (Phi) is 7.94. The predicted molar refractivity (Wildman–Crippen MR) is 110 cm³/mol. The van der Waals surface area contributed by atoms with Crippen LogP contribution in [-0.4, -0.2) is 0 Å². The van der Waals surface area contributed by atoms with E-state index in [1.807, 2.05) is 0 Å². The predicted octanol–water partition coefficient (Wildman–Crippen LogP) is 4.95. The monoisotopic (exact) mass is 581 g/mol. The van der Waals surface area contributed by atoms with Crippen LogP contribution in [0.25, 0.3) is 0 Å². The van der Waals surface area contributed by atoms with Crippen LogP contribution in [0.1, 0.15) is 16.7 Å². The van der Waals surface area contributed by atoms with Crippen LogP contribution in [0, 0.1) is 20.8 Å². The Morgan fingerprint density at radius 2 is 0.708 bits per heavy atom. The van der Waals surface area contributed by atoms with Gasteiger partial charge in [0.25, 0.3) is 0 Å². The third-order valence-electron chi connectivity index (χ3n) is 4.02. The third kappa shape index (κ3) is 5.15. The summed E-state index contributed by atoms with van der Waals surface area (Å²) in [5, 5.41) is 4.34. The standard InChI is InChI=1S/C21H21P.Au.BrH/c1-16-4-10-19(11-5-16)22(20-12-6-17(2)7-13-20)21-14-8-18(3)9-15-21;;/h4-15H,1-3H3;;1H/q;+1;. The van der Waals surface area contributed by atoms with E-state index >= 15 is 0 Å². The Balaban J connectivity index is 0.00000100. The molecule has 3 aromatic carbocycles. The van der Waals surface area contributed by atoms with Crippen molar-refractivity contribution in [3.63, 3.8) is 0 Å². The molecule has 0 saturated heterocycles. The molecule has 0 nitrogen and oxygen atoms in total. The molecule has 0 aliphatic rings. The molecule has 3 aromatic rings. The van der Waals surface area contributed by atoms with Gasteiger partial charge in [-0.15, -0.1) is 0 Å². The van der Waals surface area contributed by atoms with Crippen LogP contribution < -0.4 is 15.9 Å². The summed E-state index contributed by atoms with van der Waals surface area (Å²) in [6, 6.07) is 27.1. The van der Waals surface area contributed by atoms with Gasteiger partial charge in [-0.2, -0.15) is 0 Å². The van der Waals surface area contributed by atoms with Crippen LogP contribution in [0.2, 0.25) is 0 Å². The average molecular weight is 582 g/mol. The van der Waals surface area contributed by atoms with E-state index in [1.54, 1.807) is 0 Å². The minimum atomic E-state index is -0.927. The maximum absolute atomic E-state index is 2.88. The van der Waals surface area contributed by atoms with Crippen molar-refractivity contribution in [3.05, 3.63) is 89.5 Å². The second-order valence-corrected chi connectivity index (χ2v) is 8.46. The first kappa shape index (κ1) is 19.6. The fraction of sp³-hybridized carbons (Fsp3) is 0.143. The maximum atomic E-state index is 2.88. The van der Waals surface area contributed by atoms with Crippen molar-refractivity contribution in [1.82, 2.24) is 0 Å². The summed E-state index contributed by atoms with van der Waals surface area (Å²) in [6.45, 7) is 6.44.